The smallest absolute Gasteiger partial charge is 0.311 e. The number of aliphatic hydroxyl groups excluding tert-OH is 1. The van der Waals surface area contributed by atoms with Gasteiger partial charge in [0.2, 0.25) is 5.75 Å². The first-order valence-electron chi connectivity index (χ1n) is 5.42. The Morgan fingerprint density at radius 2 is 1.89 bits per heavy atom. The Morgan fingerprint density at radius 3 is 2.47 bits per heavy atom. The normalized spacial score (nSPS) is 10.2. The highest BCUT2D eigenvalue weighted by Gasteiger charge is 2.16. The van der Waals surface area contributed by atoms with Crippen LogP contribution < -0.4 is 4.74 Å². The van der Waals surface area contributed by atoms with Gasteiger partial charge in [0.15, 0.2) is 0 Å². The predicted octanol–water partition coefficient (Wildman–Crippen LogP) is 3.53. The molecule has 2 aromatic rings. The minimum absolute atomic E-state index is 0.0718. The zero-order valence-electron chi connectivity index (χ0n) is 9.75. The molecule has 19 heavy (non-hydrogen) atoms. The fourth-order valence-electron chi connectivity index (χ4n) is 1.51. The second-order valence-electron chi connectivity index (χ2n) is 3.77. The lowest BCUT2D eigenvalue weighted by atomic mass is 10.2. The van der Waals surface area contributed by atoms with Gasteiger partial charge in [-0.05, 0) is 23.8 Å². The number of nitro benzene ring substituents is 1. The van der Waals surface area contributed by atoms with E-state index in [-0.39, 0.29) is 18.0 Å². The molecule has 0 saturated carbocycles. The number of aliphatic hydroxyl groups is 1. The molecule has 0 aliphatic carbocycles. The lowest BCUT2D eigenvalue weighted by molar-refractivity contribution is -0.385. The highest BCUT2D eigenvalue weighted by molar-refractivity contribution is 6.30. The van der Waals surface area contributed by atoms with Gasteiger partial charge in [0, 0.05) is 17.2 Å². The van der Waals surface area contributed by atoms with Crippen molar-refractivity contribution in [3.63, 3.8) is 0 Å². The van der Waals surface area contributed by atoms with Gasteiger partial charge in [0.1, 0.15) is 5.75 Å². The van der Waals surface area contributed by atoms with Crippen LogP contribution in [0.4, 0.5) is 5.69 Å². The maximum atomic E-state index is 10.9. The van der Waals surface area contributed by atoms with E-state index in [0.29, 0.717) is 10.8 Å². The van der Waals surface area contributed by atoms with Crippen molar-refractivity contribution in [1.29, 1.82) is 0 Å². The molecule has 2 rings (SSSR count). The summed E-state index contributed by atoms with van der Waals surface area (Å²) in [6.45, 7) is -0.0718. The average Bonchev–Trinajstić information content (AvgIpc) is 2.39. The Balaban J connectivity index is 2.31. The Labute approximate surface area is 114 Å². The third-order valence-electron chi connectivity index (χ3n) is 2.45. The van der Waals surface area contributed by atoms with Crippen LogP contribution in [0.25, 0.3) is 0 Å². The first kappa shape index (κ1) is 13.3. The van der Waals surface area contributed by atoms with Crippen LogP contribution in [0.2, 0.25) is 5.02 Å². The fraction of sp³-hybridized carbons (Fsp3) is 0.0769. The topological polar surface area (TPSA) is 72.6 Å². The maximum absolute atomic E-state index is 10.9. The van der Waals surface area contributed by atoms with E-state index < -0.39 is 4.92 Å². The monoisotopic (exact) mass is 279 g/mol. The quantitative estimate of drug-likeness (QED) is 0.686. The van der Waals surface area contributed by atoms with Crippen LogP contribution in [0, 0.1) is 10.1 Å². The van der Waals surface area contributed by atoms with Gasteiger partial charge in [-0.3, -0.25) is 10.1 Å². The van der Waals surface area contributed by atoms with E-state index in [2.05, 4.69) is 0 Å². The highest BCUT2D eigenvalue weighted by atomic mass is 35.5. The van der Waals surface area contributed by atoms with Gasteiger partial charge in [-0.25, -0.2) is 0 Å². The van der Waals surface area contributed by atoms with Crippen LogP contribution >= 0.6 is 11.6 Å². The van der Waals surface area contributed by atoms with Crippen molar-refractivity contribution in [2.45, 2.75) is 6.61 Å². The summed E-state index contributed by atoms with van der Waals surface area (Å²) in [7, 11) is 0. The van der Waals surface area contributed by atoms with Crippen LogP contribution in [0.5, 0.6) is 11.5 Å². The molecule has 0 aromatic heterocycles. The number of ether oxygens (including phenoxy) is 1. The van der Waals surface area contributed by atoms with Crippen molar-refractivity contribution >= 4 is 17.3 Å². The molecule has 6 heteroatoms. The van der Waals surface area contributed by atoms with Gasteiger partial charge in [0.05, 0.1) is 11.5 Å². The van der Waals surface area contributed by atoms with E-state index in [9.17, 15) is 10.1 Å². The summed E-state index contributed by atoms with van der Waals surface area (Å²) in [6.07, 6.45) is 0. The van der Waals surface area contributed by atoms with Crippen molar-refractivity contribution in [3.05, 3.63) is 63.2 Å². The summed E-state index contributed by atoms with van der Waals surface area (Å²) in [5.41, 5.74) is 0.573. The molecule has 0 aliphatic heterocycles. The van der Waals surface area contributed by atoms with Crippen LogP contribution in [-0.2, 0) is 6.61 Å². The van der Waals surface area contributed by atoms with E-state index in [4.69, 9.17) is 21.4 Å². The molecule has 0 heterocycles. The molecular formula is C13H10ClNO4. The standard InChI is InChI=1S/C13H10ClNO4/c14-10-3-6-12(15(17)18)13(7-10)19-11-4-1-9(8-16)2-5-11/h1-7,16H,8H2. The van der Waals surface area contributed by atoms with Crippen molar-refractivity contribution in [1.82, 2.24) is 0 Å². The summed E-state index contributed by atoms with van der Waals surface area (Å²) in [5, 5.41) is 20.2. The van der Waals surface area contributed by atoms with Gasteiger partial charge < -0.3 is 9.84 Å². The van der Waals surface area contributed by atoms with Gasteiger partial charge in [-0.1, -0.05) is 23.7 Å². The Morgan fingerprint density at radius 1 is 1.21 bits per heavy atom. The molecule has 0 saturated heterocycles. The molecule has 5 nitrogen and oxygen atoms in total. The number of rotatable bonds is 4. The molecule has 0 fully saturated rings. The molecule has 98 valence electrons. The van der Waals surface area contributed by atoms with Gasteiger partial charge in [0.25, 0.3) is 0 Å². The van der Waals surface area contributed by atoms with Crippen LogP contribution in [-0.4, -0.2) is 10.0 Å². The van der Waals surface area contributed by atoms with Gasteiger partial charge in [-0.2, -0.15) is 0 Å². The molecule has 1 N–H and O–H groups in total. The van der Waals surface area contributed by atoms with Gasteiger partial charge in [-0.15, -0.1) is 0 Å². The lowest BCUT2D eigenvalue weighted by Crippen LogP contribution is -1.93. The second kappa shape index (κ2) is 5.69. The first-order valence-corrected chi connectivity index (χ1v) is 5.79. The summed E-state index contributed by atoms with van der Waals surface area (Å²) < 4.78 is 5.44. The van der Waals surface area contributed by atoms with Gasteiger partial charge >= 0.3 is 5.69 Å². The second-order valence-corrected chi connectivity index (χ2v) is 4.21. The van der Waals surface area contributed by atoms with E-state index in [0.717, 1.165) is 5.56 Å². The van der Waals surface area contributed by atoms with Crippen LogP contribution in [0.15, 0.2) is 42.5 Å². The molecule has 0 aliphatic rings. The summed E-state index contributed by atoms with van der Waals surface area (Å²) in [4.78, 5) is 10.3. The molecule has 0 unspecified atom stereocenters. The van der Waals surface area contributed by atoms with E-state index in [1.807, 2.05) is 0 Å². The molecule has 0 radical (unpaired) electrons. The number of halogens is 1. The third kappa shape index (κ3) is 3.21. The van der Waals surface area contributed by atoms with Crippen LogP contribution in [0.3, 0.4) is 0 Å². The summed E-state index contributed by atoms with van der Waals surface area (Å²) >= 11 is 5.80. The van der Waals surface area contributed by atoms with Crippen LogP contribution in [0.1, 0.15) is 5.56 Å². The Hall–Kier alpha value is -2.11. The lowest BCUT2D eigenvalue weighted by Gasteiger charge is -2.07. The Bertz CT molecular complexity index is 598. The number of nitrogens with zero attached hydrogens (tertiary/aromatic N) is 1. The largest absolute Gasteiger partial charge is 0.450 e. The zero-order chi connectivity index (χ0) is 13.8. The SMILES string of the molecule is O=[N+]([O-])c1ccc(Cl)cc1Oc1ccc(CO)cc1. The minimum Gasteiger partial charge on any atom is -0.450 e. The van der Waals surface area contributed by atoms with Crippen molar-refractivity contribution in [2.24, 2.45) is 0 Å². The molecule has 0 atom stereocenters. The summed E-state index contributed by atoms with van der Waals surface area (Å²) in [6, 6.07) is 10.7. The molecule has 2 aromatic carbocycles. The van der Waals surface area contributed by atoms with Crippen molar-refractivity contribution < 1.29 is 14.8 Å². The number of benzene rings is 2. The van der Waals surface area contributed by atoms with E-state index >= 15 is 0 Å². The number of hydrogen-bond donors (Lipinski definition) is 1. The van der Waals surface area contributed by atoms with Crippen molar-refractivity contribution in [3.8, 4) is 11.5 Å². The van der Waals surface area contributed by atoms with Crippen molar-refractivity contribution in [2.75, 3.05) is 0 Å². The highest BCUT2D eigenvalue weighted by Crippen LogP contribution is 2.33. The minimum atomic E-state index is -0.534. The average molecular weight is 280 g/mol. The van der Waals surface area contributed by atoms with E-state index in [1.165, 1.54) is 18.2 Å². The predicted molar refractivity (Wildman–Crippen MR) is 70.5 cm³/mol. The third-order valence-corrected chi connectivity index (χ3v) is 2.69. The van der Waals surface area contributed by atoms with E-state index in [1.54, 1.807) is 24.3 Å². The molecule has 0 amide bonds. The zero-order valence-corrected chi connectivity index (χ0v) is 10.5. The number of hydrogen-bond acceptors (Lipinski definition) is 4. The Kier molecular flexibility index (Phi) is 3.99. The fourth-order valence-corrected chi connectivity index (χ4v) is 1.67. The molecule has 0 spiro atoms. The number of nitro groups is 1. The maximum Gasteiger partial charge on any atom is 0.311 e. The molecule has 0 bridgehead atoms. The summed E-state index contributed by atoms with van der Waals surface area (Å²) in [5.74, 6) is 0.511. The first-order chi connectivity index (χ1) is 9.10. The molecular weight excluding hydrogens is 270 g/mol.